The van der Waals surface area contributed by atoms with Crippen molar-refractivity contribution in [3.8, 4) is 0 Å². The van der Waals surface area contributed by atoms with Gasteiger partial charge in [0.15, 0.2) is 0 Å². The number of halogens is 1. The van der Waals surface area contributed by atoms with Crippen molar-refractivity contribution < 1.29 is 4.39 Å². The Morgan fingerprint density at radius 1 is 1.10 bits per heavy atom. The lowest BCUT2D eigenvalue weighted by atomic mass is 9.87. The van der Waals surface area contributed by atoms with Gasteiger partial charge in [-0.25, -0.2) is 4.39 Å². The molecule has 2 nitrogen and oxygen atoms in total. The highest BCUT2D eigenvalue weighted by Crippen LogP contribution is 2.35. The Labute approximate surface area is 127 Å². The molecule has 1 aromatic carbocycles. The number of hydrogen-bond donors (Lipinski definition) is 1. The molecule has 1 spiro atoms. The van der Waals surface area contributed by atoms with E-state index in [1.165, 1.54) is 31.2 Å². The third-order valence-electron chi connectivity index (χ3n) is 4.94. The van der Waals surface area contributed by atoms with E-state index in [1.807, 2.05) is 12.1 Å². The van der Waals surface area contributed by atoms with Crippen LogP contribution in [0.2, 0.25) is 0 Å². The van der Waals surface area contributed by atoms with E-state index >= 15 is 0 Å². The zero-order chi connectivity index (χ0) is 14.9. The largest absolute Gasteiger partial charge is 0.304 e. The second-order valence-electron chi connectivity index (χ2n) is 7.58. The first-order chi connectivity index (χ1) is 9.96. The van der Waals surface area contributed by atoms with Gasteiger partial charge in [0.1, 0.15) is 5.82 Å². The fourth-order valence-corrected chi connectivity index (χ4v) is 4.27. The van der Waals surface area contributed by atoms with Gasteiger partial charge < -0.3 is 5.32 Å². The molecule has 1 saturated carbocycles. The van der Waals surface area contributed by atoms with Gasteiger partial charge in [0.05, 0.1) is 0 Å². The van der Waals surface area contributed by atoms with Crippen LogP contribution in [0, 0.1) is 5.82 Å². The molecule has 0 unspecified atom stereocenters. The van der Waals surface area contributed by atoms with Crippen LogP contribution in [-0.4, -0.2) is 35.6 Å². The third-order valence-corrected chi connectivity index (χ3v) is 4.94. The molecular formula is C18H27FN2. The summed E-state index contributed by atoms with van der Waals surface area (Å²) in [6, 6.07) is 6.95. The fourth-order valence-electron chi connectivity index (χ4n) is 4.27. The molecule has 0 radical (unpaired) electrons. The SMILES string of the molecule is CC1(C)CN(CCc2ccc(F)cc2)CC2(CCCC2)N1. The normalized spacial score (nSPS) is 24.5. The monoisotopic (exact) mass is 290 g/mol. The highest BCUT2D eigenvalue weighted by molar-refractivity contribution is 5.16. The Morgan fingerprint density at radius 3 is 2.43 bits per heavy atom. The summed E-state index contributed by atoms with van der Waals surface area (Å²) < 4.78 is 13.0. The summed E-state index contributed by atoms with van der Waals surface area (Å²) in [7, 11) is 0. The number of rotatable bonds is 3. The van der Waals surface area contributed by atoms with Gasteiger partial charge in [0.25, 0.3) is 0 Å². The van der Waals surface area contributed by atoms with Gasteiger partial charge >= 0.3 is 0 Å². The van der Waals surface area contributed by atoms with Crippen molar-refractivity contribution in [2.45, 2.75) is 57.0 Å². The number of hydrogen-bond acceptors (Lipinski definition) is 2. The van der Waals surface area contributed by atoms with Gasteiger partial charge in [0.2, 0.25) is 0 Å². The first kappa shape index (κ1) is 15.0. The van der Waals surface area contributed by atoms with Crippen LogP contribution >= 0.6 is 0 Å². The molecule has 2 fully saturated rings. The quantitative estimate of drug-likeness (QED) is 0.918. The van der Waals surface area contributed by atoms with Crippen molar-refractivity contribution in [1.82, 2.24) is 10.2 Å². The second kappa shape index (κ2) is 5.69. The van der Waals surface area contributed by atoms with Gasteiger partial charge in [-0.3, -0.25) is 4.90 Å². The van der Waals surface area contributed by atoms with Crippen LogP contribution in [0.1, 0.15) is 45.1 Å². The van der Waals surface area contributed by atoms with E-state index in [2.05, 4.69) is 24.1 Å². The summed E-state index contributed by atoms with van der Waals surface area (Å²) in [5.74, 6) is -0.146. The molecule has 21 heavy (non-hydrogen) atoms. The van der Waals surface area contributed by atoms with Gasteiger partial charge in [-0.05, 0) is 50.8 Å². The maximum atomic E-state index is 13.0. The number of piperazine rings is 1. The van der Waals surface area contributed by atoms with E-state index in [9.17, 15) is 4.39 Å². The minimum absolute atomic E-state index is 0.146. The zero-order valence-electron chi connectivity index (χ0n) is 13.3. The fraction of sp³-hybridized carbons (Fsp3) is 0.667. The molecule has 1 heterocycles. The highest BCUT2D eigenvalue weighted by Gasteiger charge is 2.43. The Hall–Kier alpha value is -0.930. The highest BCUT2D eigenvalue weighted by atomic mass is 19.1. The van der Waals surface area contributed by atoms with Crippen molar-refractivity contribution in [1.29, 1.82) is 0 Å². The standard InChI is InChI=1S/C18H27FN2/c1-17(2)13-21(14-18(20-17)10-3-4-11-18)12-9-15-5-7-16(19)8-6-15/h5-8,20H,3-4,9-14H2,1-2H3. The van der Waals surface area contributed by atoms with Crippen LogP contribution in [0.4, 0.5) is 4.39 Å². The lowest BCUT2D eigenvalue weighted by Crippen LogP contribution is -2.68. The van der Waals surface area contributed by atoms with E-state index < -0.39 is 0 Å². The number of nitrogens with one attached hydrogen (secondary N) is 1. The van der Waals surface area contributed by atoms with Crippen LogP contribution in [-0.2, 0) is 6.42 Å². The maximum Gasteiger partial charge on any atom is 0.123 e. The molecule has 1 N–H and O–H groups in total. The topological polar surface area (TPSA) is 15.3 Å². The van der Waals surface area contributed by atoms with E-state index in [1.54, 1.807) is 12.1 Å². The van der Waals surface area contributed by atoms with Crippen molar-refractivity contribution in [2.75, 3.05) is 19.6 Å². The van der Waals surface area contributed by atoms with E-state index in [0.717, 1.165) is 26.1 Å². The summed E-state index contributed by atoms with van der Waals surface area (Å²) in [6.07, 6.45) is 6.34. The molecule has 2 aliphatic rings. The van der Waals surface area contributed by atoms with Crippen LogP contribution in [0.25, 0.3) is 0 Å². The molecule has 0 atom stereocenters. The van der Waals surface area contributed by atoms with Crippen molar-refractivity contribution in [3.63, 3.8) is 0 Å². The minimum Gasteiger partial charge on any atom is -0.304 e. The second-order valence-corrected chi connectivity index (χ2v) is 7.58. The molecule has 1 aliphatic carbocycles. The number of benzene rings is 1. The molecular weight excluding hydrogens is 263 g/mol. The Kier molecular flexibility index (Phi) is 4.06. The Morgan fingerprint density at radius 2 is 1.76 bits per heavy atom. The predicted molar refractivity (Wildman–Crippen MR) is 85.0 cm³/mol. The summed E-state index contributed by atoms with van der Waals surface area (Å²) in [4.78, 5) is 2.60. The van der Waals surface area contributed by atoms with E-state index in [4.69, 9.17) is 0 Å². The van der Waals surface area contributed by atoms with Crippen LogP contribution in [0.3, 0.4) is 0 Å². The molecule has 3 heteroatoms. The Balaban J connectivity index is 1.63. The summed E-state index contributed by atoms with van der Waals surface area (Å²) in [6.45, 7) is 7.96. The molecule has 0 amide bonds. The zero-order valence-corrected chi connectivity index (χ0v) is 13.3. The van der Waals surface area contributed by atoms with Gasteiger partial charge in [-0.2, -0.15) is 0 Å². The summed E-state index contributed by atoms with van der Waals surface area (Å²) in [5.41, 5.74) is 1.75. The van der Waals surface area contributed by atoms with E-state index in [-0.39, 0.29) is 11.4 Å². The van der Waals surface area contributed by atoms with Crippen molar-refractivity contribution >= 4 is 0 Å². The van der Waals surface area contributed by atoms with Crippen LogP contribution in [0.5, 0.6) is 0 Å². The van der Waals surface area contributed by atoms with Gasteiger partial charge in [-0.1, -0.05) is 25.0 Å². The number of nitrogens with zero attached hydrogens (tertiary/aromatic N) is 1. The Bertz CT molecular complexity index is 474. The van der Waals surface area contributed by atoms with Crippen LogP contribution in [0.15, 0.2) is 24.3 Å². The van der Waals surface area contributed by atoms with Crippen LogP contribution < -0.4 is 5.32 Å². The predicted octanol–water partition coefficient (Wildman–Crippen LogP) is 3.36. The third kappa shape index (κ3) is 3.64. The summed E-state index contributed by atoms with van der Waals surface area (Å²) in [5, 5.41) is 3.91. The van der Waals surface area contributed by atoms with Gasteiger partial charge in [-0.15, -0.1) is 0 Å². The lowest BCUT2D eigenvalue weighted by molar-refractivity contribution is 0.0632. The molecule has 1 aromatic rings. The molecule has 3 rings (SSSR count). The first-order valence-corrected chi connectivity index (χ1v) is 8.23. The van der Waals surface area contributed by atoms with Crippen molar-refractivity contribution in [2.24, 2.45) is 0 Å². The molecule has 1 aliphatic heterocycles. The minimum atomic E-state index is -0.146. The smallest absolute Gasteiger partial charge is 0.123 e. The van der Waals surface area contributed by atoms with Crippen molar-refractivity contribution in [3.05, 3.63) is 35.6 Å². The first-order valence-electron chi connectivity index (χ1n) is 8.23. The molecule has 0 bridgehead atoms. The average molecular weight is 290 g/mol. The molecule has 0 aromatic heterocycles. The molecule has 116 valence electrons. The maximum absolute atomic E-state index is 13.0. The molecule has 1 saturated heterocycles. The van der Waals surface area contributed by atoms with E-state index in [0.29, 0.717) is 5.54 Å². The van der Waals surface area contributed by atoms with Gasteiger partial charge in [0, 0.05) is 30.7 Å². The summed E-state index contributed by atoms with van der Waals surface area (Å²) >= 11 is 0. The average Bonchev–Trinajstić information content (AvgIpc) is 2.83. The lowest BCUT2D eigenvalue weighted by Gasteiger charge is -2.50.